The van der Waals surface area contributed by atoms with Crippen LogP contribution >= 0.6 is 0 Å². The molecule has 0 rings (SSSR count). The van der Waals surface area contributed by atoms with Gasteiger partial charge in [-0.3, -0.25) is 0 Å². The molecular weight excluding hydrogens is 164 g/mol. The summed E-state index contributed by atoms with van der Waals surface area (Å²) in [7, 11) is -1.36. The number of rotatable bonds is 5. The molecular formula is C10H22OSi. The summed E-state index contributed by atoms with van der Waals surface area (Å²) >= 11 is 0. The Morgan fingerprint density at radius 3 is 2.17 bits per heavy atom. The Balaban J connectivity index is 4.05. The van der Waals surface area contributed by atoms with Crippen molar-refractivity contribution < 1.29 is 4.43 Å². The highest BCUT2D eigenvalue weighted by molar-refractivity contribution is 6.70. The molecule has 0 radical (unpaired) electrons. The van der Waals surface area contributed by atoms with Crippen LogP contribution in [-0.2, 0) is 4.43 Å². The lowest BCUT2D eigenvalue weighted by atomic mass is 10.2. The Labute approximate surface area is 78.0 Å². The number of allylic oxidation sites excluding steroid dienone is 2. The van der Waals surface area contributed by atoms with E-state index in [1.165, 1.54) is 12.2 Å². The SMILES string of the molecule is CCC=C(CCC)O[Si](C)(C)C. The smallest absolute Gasteiger partial charge is 0.241 e. The molecule has 1 nitrogen and oxygen atoms in total. The minimum absolute atomic E-state index is 1.08. The summed E-state index contributed by atoms with van der Waals surface area (Å²) in [5.41, 5.74) is 0. The second-order valence-electron chi connectivity index (χ2n) is 4.04. The van der Waals surface area contributed by atoms with Crippen LogP contribution in [0.5, 0.6) is 0 Å². The van der Waals surface area contributed by atoms with Gasteiger partial charge in [-0.2, -0.15) is 0 Å². The Morgan fingerprint density at radius 2 is 1.83 bits per heavy atom. The van der Waals surface area contributed by atoms with Gasteiger partial charge < -0.3 is 4.43 Å². The van der Waals surface area contributed by atoms with Crippen LogP contribution in [0.2, 0.25) is 19.6 Å². The third kappa shape index (κ3) is 6.47. The molecule has 0 aliphatic carbocycles. The Hall–Kier alpha value is -0.243. The van der Waals surface area contributed by atoms with Gasteiger partial charge in [-0.15, -0.1) is 0 Å². The van der Waals surface area contributed by atoms with E-state index in [-0.39, 0.29) is 0 Å². The zero-order valence-corrected chi connectivity index (χ0v) is 10.1. The summed E-state index contributed by atoms with van der Waals surface area (Å²) in [4.78, 5) is 0. The van der Waals surface area contributed by atoms with Crippen LogP contribution in [0.15, 0.2) is 11.8 Å². The summed E-state index contributed by atoms with van der Waals surface area (Å²) in [6, 6.07) is 0. The van der Waals surface area contributed by atoms with Crippen molar-refractivity contribution in [1.82, 2.24) is 0 Å². The monoisotopic (exact) mass is 186 g/mol. The first-order chi connectivity index (χ1) is 5.49. The van der Waals surface area contributed by atoms with E-state index >= 15 is 0 Å². The van der Waals surface area contributed by atoms with Gasteiger partial charge in [-0.1, -0.05) is 13.8 Å². The average Bonchev–Trinajstić information content (AvgIpc) is 1.84. The molecule has 0 saturated carbocycles. The molecule has 0 aromatic rings. The van der Waals surface area contributed by atoms with Gasteiger partial charge in [0.05, 0.1) is 5.76 Å². The van der Waals surface area contributed by atoms with Gasteiger partial charge in [0.15, 0.2) is 0 Å². The van der Waals surface area contributed by atoms with E-state index in [9.17, 15) is 0 Å². The molecule has 0 aliphatic heterocycles. The summed E-state index contributed by atoms with van der Waals surface area (Å²) in [5, 5.41) is 0. The molecule has 0 aliphatic rings. The topological polar surface area (TPSA) is 9.23 Å². The minimum Gasteiger partial charge on any atom is -0.548 e. The molecule has 0 fully saturated rings. The van der Waals surface area contributed by atoms with Gasteiger partial charge in [0.1, 0.15) is 0 Å². The van der Waals surface area contributed by atoms with Gasteiger partial charge >= 0.3 is 0 Å². The second kappa shape index (κ2) is 5.41. The van der Waals surface area contributed by atoms with E-state index < -0.39 is 8.32 Å². The molecule has 0 heterocycles. The molecule has 0 N–H and O–H groups in total. The molecule has 0 aromatic heterocycles. The zero-order valence-electron chi connectivity index (χ0n) is 9.11. The van der Waals surface area contributed by atoms with Crippen LogP contribution in [0.25, 0.3) is 0 Å². The fourth-order valence-electron chi connectivity index (χ4n) is 1.06. The van der Waals surface area contributed by atoms with Gasteiger partial charge in [-0.25, -0.2) is 0 Å². The van der Waals surface area contributed by atoms with Gasteiger partial charge in [-0.05, 0) is 38.6 Å². The first-order valence-electron chi connectivity index (χ1n) is 4.87. The molecule has 0 bridgehead atoms. The lowest BCUT2D eigenvalue weighted by Crippen LogP contribution is -2.24. The van der Waals surface area contributed by atoms with Crippen molar-refractivity contribution in [3.8, 4) is 0 Å². The maximum Gasteiger partial charge on any atom is 0.241 e. The maximum atomic E-state index is 5.92. The van der Waals surface area contributed by atoms with Crippen molar-refractivity contribution >= 4 is 8.32 Å². The highest BCUT2D eigenvalue weighted by Gasteiger charge is 2.16. The predicted octanol–water partition coefficient (Wildman–Crippen LogP) is 3.93. The lowest BCUT2D eigenvalue weighted by molar-refractivity contribution is 0.395. The van der Waals surface area contributed by atoms with Crippen LogP contribution in [-0.4, -0.2) is 8.32 Å². The average molecular weight is 186 g/mol. The highest BCUT2D eigenvalue weighted by atomic mass is 28.4. The van der Waals surface area contributed by atoms with Crippen LogP contribution in [0.1, 0.15) is 33.1 Å². The maximum absolute atomic E-state index is 5.92. The molecule has 72 valence electrons. The molecule has 0 aromatic carbocycles. The van der Waals surface area contributed by atoms with E-state index in [2.05, 4.69) is 39.6 Å². The normalized spacial score (nSPS) is 13.2. The van der Waals surface area contributed by atoms with E-state index in [1.807, 2.05) is 0 Å². The van der Waals surface area contributed by atoms with Crippen molar-refractivity contribution in [3.63, 3.8) is 0 Å². The Bertz CT molecular complexity index is 144. The van der Waals surface area contributed by atoms with Crippen molar-refractivity contribution in [2.24, 2.45) is 0 Å². The van der Waals surface area contributed by atoms with Crippen LogP contribution in [0, 0.1) is 0 Å². The van der Waals surface area contributed by atoms with Gasteiger partial charge in [0.25, 0.3) is 0 Å². The van der Waals surface area contributed by atoms with Crippen molar-refractivity contribution in [2.45, 2.75) is 52.8 Å². The molecule has 12 heavy (non-hydrogen) atoms. The molecule has 0 atom stereocenters. The molecule has 2 heteroatoms. The molecule has 0 saturated heterocycles. The number of hydrogen-bond acceptors (Lipinski definition) is 1. The minimum atomic E-state index is -1.36. The fraction of sp³-hybridized carbons (Fsp3) is 0.800. The largest absolute Gasteiger partial charge is 0.548 e. The summed E-state index contributed by atoms with van der Waals surface area (Å²) in [5.74, 6) is 1.21. The van der Waals surface area contributed by atoms with Crippen LogP contribution < -0.4 is 0 Å². The second-order valence-corrected chi connectivity index (χ2v) is 8.47. The standard InChI is InChI=1S/C10H22OSi/c1-6-8-10(9-7-2)11-12(3,4)5/h8H,6-7,9H2,1-5H3. The molecule has 0 spiro atoms. The Morgan fingerprint density at radius 1 is 1.25 bits per heavy atom. The first-order valence-corrected chi connectivity index (χ1v) is 8.28. The third-order valence-corrected chi connectivity index (χ3v) is 2.24. The number of hydrogen-bond donors (Lipinski definition) is 0. The van der Waals surface area contributed by atoms with Crippen LogP contribution in [0.3, 0.4) is 0 Å². The summed E-state index contributed by atoms with van der Waals surface area (Å²) < 4.78 is 5.92. The van der Waals surface area contributed by atoms with E-state index in [0.29, 0.717) is 0 Å². The molecule has 0 unspecified atom stereocenters. The van der Waals surface area contributed by atoms with Crippen molar-refractivity contribution in [2.75, 3.05) is 0 Å². The van der Waals surface area contributed by atoms with Gasteiger partial charge in [0, 0.05) is 6.42 Å². The highest BCUT2D eigenvalue weighted by Crippen LogP contribution is 2.15. The van der Waals surface area contributed by atoms with Gasteiger partial charge in [0.2, 0.25) is 8.32 Å². The van der Waals surface area contributed by atoms with E-state index in [0.717, 1.165) is 12.8 Å². The predicted molar refractivity (Wildman–Crippen MR) is 57.7 cm³/mol. The quantitative estimate of drug-likeness (QED) is 0.467. The third-order valence-electron chi connectivity index (χ3n) is 1.37. The summed E-state index contributed by atoms with van der Waals surface area (Å²) in [6.07, 6.45) is 5.57. The van der Waals surface area contributed by atoms with E-state index in [1.54, 1.807) is 0 Å². The fourth-order valence-corrected chi connectivity index (χ4v) is 2.03. The van der Waals surface area contributed by atoms with Crippen molar-refractivity contribution in [3.05, 3.63) is 11.8 Å². The molecule has 0 amide bonds. The first kappa shape index (κ1) is 11.8. The Kier molecular flexibility index (Phi) is 5.30. The van der Waals surface area contributed by atoms with Crippen LogP contribution in [0.4, 0.5) is 0 Å². The zero-order chi connectivity index (χ0) is 9.61. The lowest BCUT2D eigenvalue weighted by Gasteiger charge is -2.21. The summed E-state index contributed by atoms with van der Waals surface area (Å²) in [6.45, 7) is 11.0. The van der Waals surface area contributed by atoms with E-state index in [4.69, 9.17) is 4.43 Å². The van der Waals surface area contributed by atoms with Crippen molar-refractivity contribution in [1.29, 1.82) is 0 Å².